The average Bonchev–Trinajstić information content (AvgIpc) is 2.29. The van der Waals surface area contributed by atoms with Crippen LogP contribution in [0.25, 0.3) is 0 Å². The first-order valence-corrected chi connectivity index (χ1v) is 5.30. The third kappa shape index (κ3) is 2.52. The van der Waals surface area contributed by atoms with Gasteiger partial charge in [-0.25, -0.2) is 0 Å². The number of alkyl halides is 3. The molecule has 2 nitrogen and oxygen atoms in total. The van der Waals surface area contributed by atoms with E-state index in [0.29, 0.717) is 5.56 Å². The van der Waals surface area contributed by atoms with Crippen molar-refractivity contribution in [1.82, 2.24) is 10.3 Å². The molecule has 0 amide bonds. The summed E-state index contributed by atoms with van der Waals surface area (Å²) in [6, 6.07) is 1.21. The molecule has 1 saturated heterocycles. The molecule has 1 atom stereocenters. The van der Waals surface area contributed by atoms with Crippen LogP contribution in [0.4, 0.5) is 13.2 Å². The summed E-state index contributed by atoms with van der Waals surface area (Å²) >= 11 is 0. The molecular weight excluding hydrogens is 217 g/mol. The predicted molar refractivity (Wildman–Crippen MR) is 54.1 cm³/mol. The SMILES string of the molecule is FC(F)(F)c1cncc(C2CCCNC2)c1. The van der Waals surface area contributed by atoms with Gasteiger partial charge >= 0.3 is 6.18 Å². The fraction of sp³-hybridized carbons (Fsp3) is 0.545. The van der Waals surface area contributed by atoms with Crippen molar-refractivity contribution in [2.75, 3.05) is 13.1 Å². The first-order valence-electron chi connectivity index (χ1n) is 5.30. The summed E-state index contributed by atoms with van der Waals surface area (Å²) in [6.07, 6.45) is 0.0364. The zero-order chi connectivity index (χ0) is 11.6. The first-order chi connectivity index (χ1) is 7.57. The number of pyridine rings is 1. The minimum atomic E-state index is -4.30. The van der Waals surface area contributed by atoms with Crippen LogP contribution in [0.5, 0.6) is 0 Å². The molecule has 1 N–H and O–H groups in total. The molecule has 0 radical (unpaired) electrons. The quantitative estimate of drug-likeness (QED) is 0.802. The van der Waals surface area contributed by atoms with Crippen LogP contribution < -0.4 is 5.32 Å². The highest BCUT2D eigenvalue weighted by atomic mass is 19.4. The first kappa shape index (κ1) is 11.4. The van der Waals surface area contributed by atoms with E-state index >= 15 is 0 Å². The highest BCUT2D eigenvalue weighted by molar-refractivity contribution is 5.24. The Kier molecular flexibility index (Phi) is 3.14. The van der Waals surface area contributed by atoms with E-state index in [9.17, 15) is 13.2 Å². The molecule has 0 bridgehead atoms. The topological polar surface area (TPSA) is 24.9 Å². The van der Waals surface area contributed by atoms with Gasteiger partial charge in [-0.3, -0.25) is 4.98 Å². The van der Waals surface area contributed by atoms with E-state index in [0.717, 1.165) is 32.1 Å². The van der Waals surface area contributed by atoms with Gasteiger partial charge in [0.2, 0.25) is 0 Å². The Morgan fingerprint density at radius 1 is 1.31 bits per heavy atom. The zero-order valence-electron chi connectivity index (χ0n) is 8.72. The number of aromatic nitrogens is 1. The maximum absolute atomic E-state index is 12.5. The van der Waals surface area contributed by atoms with E-state index in [1.54, 1.807) is 0 Å². The summed E-state index contributed by atoms with van der Waals surface area (Å²) < 4.78 is 37.4. The van der Waals surface area contributed by atoms with Crippen molar-refractivity contribution in [3.63, 3.8) is 0 Å². The number of rotatable bonds is 1. The molecule has 0 saturated carbocycles. The Morgan fingerprint density at radius 3 is 2.75 bits per heavy atom. The maximum Gasteiger partial charge on any atom is 0.417 e. The largest absolute Gasteiger partial charge is 0.417 e. The van der Waals surface area contributed by atoms with E-state index in [1.165, 1.54) is 12.3 Å². The summed E-state index contributed by atoms with van der Waals surface area (Å²) in [7, 11) is 0. The van der Waals surface area contributed by atoms with Crippen LogP contribution in [0.3, 0.4) is 0 Å². The third-order valence-electron chi connectivity index (χ3n) is 2.86. The Morgan fingerprint density at radius 2 is 2.12 bits per heavy atom. The fourth-order valence-corrected chi connectivity index (χ4v) is 1.97. The number of nitrogens with zero attached hydrogens (tertiary/aromatic N) is 1. The fourth-order valence-electron chi connectivity index (χ4n) is 1.97. The lowest BCUT2D eigenvalue weighted by molar-refractivity contribution is -0.137. The van der Waals surface area contributed by atoms with Crippen molar-refractivity contribution in [2.45, 2.75) is 24.9 Å². The van der Waals surface area contributed by atoms with Gasteiger partial charge in [-0.1, -0.05) is 0 Å². The summed E-state index contributed by atoms with van der Waals surface area (Å²) in [6.45, 7) is 1.69. The minimum absolute atomic E-state index is 0.156. The van der Waals surface area contributed by atoms with Gasteiger partial charge in [0.15, 0.2) is 0 Å². The third-order valence-corrected chi connectivity index (χ3v) is 2.86. The summed E-state index contributed by atoms with van der Waals surface area (Å²) in [5, 5.41) is 3.18. The van der Waals surface area contributed by atoms with Gasteiger partial charge in [-0.05, 0) is 36.9 Å². The molecule has 1 aliphatic rings. The van der Waals surface area contributed by atoms with Crippen LogP contribution in [0, 0.1) is 0 Å². The van der Waals surface area contributed by atoms with Gasteiger partial charge in [0.1, 0.15) is 0 Å². The molecule has 2 rings (SSSR count). The Labute approximate surface area is 91.9 Å². The predicted octanol–water partition coefficient (Wildman–Crippen LogP) is 2.57. The zero-order valence-corrected chi connectivity index (χ0v) is 8.72. The highest BCUT2D eigenvalue weighted by Gasteiger charge is 2.31. The van der Waals surface area contributed by atoms with Crippen LogP contribution in [-0.2, 0) is 6.18 Å². The van der Waals surface area contributed by atoms with Crippen molar-refractivity contribution in [3.05, 3.63) is 29.6 Å². The van der Waals surface area contributed by atoms with Crippen molar-refractivity contribution < 1.29 is 13.2 Å². The lowest BCUT2D eigenvalue weighted by Gasteiger charge is -2.23. The van der Waals surface area contributed by atoms with Gasteiger partial charge < -0.3 is 5.32 Å². The van der Waals surface area contributed by atoms with Crippen LogP contribution >= 0.6 is 0 Å². The van der Waals surface area contributed by atoms with Gasteiger partial charge in [-0.2, -0.15) is 13.2 Å². The number of hydrogen-bond donors (Lipinski definition) is 1. The Balaban J connectivity index is 2.21. The standard InChI is InChI=1S/C11H13F3N2/c12-11(13,14)10-4-9(6-16-7-10)8-2-1-3-15-5-8/h4,6-8,15H,1-3,5H2. The molecule has 1 fully saturated rings. The van der Waals surface area contributed by atoms with E-state index in [-0.39, 0.29) is 5.92 Å². The summed E-state index contributed by atoms with van der Waals surface area (Å²) in [5.74, 6) is 0.156. The maximum atomic E-state index is 12.5. The van der Waals surface area contributed by atoms with Crippen molar-refractivity contribution >= 4 is 0 Å². The van der Waals surface area contributed by atoms with Crippen LogP contribution in [0.15, 0.2) is 18.5 Å². The smallest absolute Gasteiger partial charge is 0.316 e. The summed E-state index contributed by atoms with van der Waals surface area (Å²) in [5.41, 5.74) is 0.0256. The van der Waals surface area contributed by atoms with Crippen molar-refractivity contribution in [1.29, 1.82) is 0 Å². The Hall–Kier alpha value is -1.10. The van der Waals surface area contributed by atoms with Gasteiger partial charge in [0, 0.05) is 18.9 Å². The average molecular weight is 230 g/mol. The van der Waals surface area contributed by atoms with Crippen molar-refractivity contribution in [2.24, 2.45) is 0 Å². The molecule has 0 aromatic carbocycles. The summed E-state index contributed by atoms with van der Waals surface area (Å²) in [4.78, 5) is 3.68. The van der Waals surface area contributed by atoms with Gasteiger partial charge in [-0.15, -0.1) is 0 Å². The molecule has 16 heavy (non-hydrogen) atoms. The van der Waals surface area contributed by atoms with E-state index in [4.69, 9.17) is 0 Å². The van der Waals surface area contributed by atoms with Gasteiger partial charge in [0.25, 0.3) is 0 Å². The second kappa shape index (κ2) is 4.41. The monoisotopic (exact) mass is 230 g/mol. The number of nitrogens with one attached hydrogen (secondary N) is 1. The molecule has 88 valence electrons. The van der Waals surface area contributed by atoms with Crippen molar-refractivity contribution in [3.8, 4) is 0 Å². The molecule has 5 heteroatoms. The molecule has 1 aliphatic heterocycles. The highest BCUT2D eigenvalue weighted by Crippen LogP contribution is 2.31. The molecule has 0 aliphatic carbocycles. The number of hydrogen-bond acceptors (Lipinski definition) is 2. The molecule has 2 heterocycles. The Bertz CT molecular complexity index is 356. The van der Waals surface area contributed by atoms with E-state index in [2.05, 4.69) is 10.3 Å². The molecule has 1 aromatic rings. The number of halogens is 3. The van der Waals surface area contributed by atoms with Crippen LogP contribution in [0.2, 0.25) is 0 Å². The molecule has 1 unspecified atom stereocenters. The lowest BCUT2D eigenvalue weighted by atomic mass is 9.92. The number of piperidine rings is 1. The van der Waals surface area contributed by atoms with E-state index in [1.807, 2.05) is 0 Å². The minimum Gasteiger partial charge on any atom is -0.316 e. The second-order valence-electron chi connectivity index (χ2n) is 4.05. The lowest BCUT2D eigenvalue weighted by Crippen LogP contribution is -2.28. The van der Waals surface area contributed by atoms with Crippen LogP contribution in [0.1, 0.15) is 29.9 Å². The second-order valence-corrected chi connectivity index (χ2v) is 4.05. The molecule has 0 spiro atoms. The molecular formula is C11H13F3N2. The van der Waals surface area contributed by atoms with Gasteiger partial charge in [0.05, 0.1) is 5.56 Å². The van der Waals surface area contributed by atoms with E-state index < -0.39 is 11.7 Å². The normalized spacial score (nSPS) is 22.1. The van der Waals surface area contributed by atoms with Crippen LogP contribution in [-0.4, -0.2) is 18.1 Å². The molecule has 1 aromatic heterocycles.